The fraction of sp³-hybridized carbons (Fsp3) is 0.778. The normalized spacial score (nSPS) is 15.2. The van der Waals surface area contributed by atoms with Crippen molar-refractivity contribution in [3.63, 3.8) is 0 Å². The van der Waals surface area contributed by atoms with E-state index in [4.69, 9.17) is 0 Å². The van der Waals surface area contributed by atoms with Crippen LogP contribution in [0.5, 0.6) is 0 Å². The first-order valence-corrected chi connectivity index (χ1v) is 5.93. The Kier molecular flexibility index (Phi) is 4.41. The van der Waals surface area contributed by atoms with Gasteiger partial charge in [-0.15, -0.1) is 5.10 Å². The summed E-state index contributed by atoms with van der Waals surface area (Å²) in [5.41, 5.74) is -0.165. The summed E-state index contributed by atoms with van der Waals surface area (Å²) in [6, 6.07) is 0.432. The number of rotatable bonds is 5. The number of thioether (sulfide) groups is 1. The van der Waals surface area contributed by atoms with Crippen LogP contribution in [0, 0.1) is 0 Å². The number of aromatic amines is 1. The van der Waals surface area contributed by atoms with Crippen molar-refractivity contribution in [1.29, 1.82) is 0 Å². The number of nitrogens with zero attached hydrogens (tertiary/aromatic N) is 2. The van der Waals surface area contributed by atoms with Gasteiger partial charge in [0.05, 0.1) is 0 Å². The summed E-state index contributed by atoms with van der Waals surface area (Å²) >= 11 is 1.61. The van der Waals surface area contributed by atoms with E-state index in [2.05, 4.69) is 29.4 Å². The molecule has 5 nitrogen and oxygen atoms in total. The highest BCUT2D eigenvalue weighted by Crippen LogP contribution is 2.22. The summed E-state index contributed by atoms with van der Waals surface area (Å²) in [7, 11) is 3.68. The van der Waals surface area contributed by atoms with Crippen LogP contribution < -0.4 is 11.0 Å². The quantitative estimate of drug-likeness (QED) is 0.727. The van der Waals surface area contributed by atoms with Gasteiger partial charge in [-0.05, 0) is 13.5 Å². The predicted octanol–water partition coefficient (Wildman–Crippen LogP) is 0.587. The van der Waals surface area contributed by atoms with Gasteiger partial charge in [0.25, 0.3) is 0 Å². The average Bonchev–Trinajstić information content (AvgIpc) is 2.52. The van der Waals surface area contributed by atoms with E-state index in [9.17, 15) is 4.79 Å². The molecule has 2 N–H and O–H groups in total. The van der Waals surface area contributed by atoms with Crippen LogP contribution in [-0.4, -0.2) is 33.1 Å². The van der Waals surface area contributed by atoms with Crippen LogP contribution in [0.25, 0.3) is 0 Å². The van der Waals surface area contributed by atoms with Crippen molar-refractivity contribution in [2.75, 3.05) is 7.05 Å². The molecule has 1 aromatic heterocycles. The van der Waals surface area contributed by atoms with Crippen molar-refractivity contribution in [2.24, 2.45) is 7.05 Å². The Morgan fingerprint density at radius 2 is 2.33 bits per heavy atom. The average molecular weight is 230 g/mol. The first kappa shape index (κ1) is 12.3. The number of aromatic nitrogens is 3. The van der Waals surface area contributed by atoms with Gasteiger partial charge >= 0.3 is 5.69 Å². The second kappa shape index (κ2) is 5.37. The van der Waals surface area contributed by atoms with Gasteiger partial charge in [0.15, 0.2) is 5.16 Å². The molecule has 0 spiro atoms. The van der Waals surface area contributed by atoms with Gasteiger partial charge < -0.3 is 5.32 Å². The molecular formula is C9H18N4OS. The van der Waals surface area contributed by atoms with E-state index in [1.54, 1.807) is 18.8 Å². The number of nitrogens with one attached hydrogen (secondary N) is 2. The first-order chi connectivity index (χ1) is 7.10. The molecule has 0 aromatic carbocycles. The van der Waals surface area contributed by atoms with Gasteiger partial charge in [-0.1, -0.05) is 25.6 Å². The number of hydrogen-bond acceptors (Lipinski definition) is 4. The van der Waals surface area contributed by atoms with E-state index in [0.29, 0.717) is 11.3 Å². The highest BCUT2D eigenvalue weighted by Gasteiger charge is 2.17. The fourth-order valence-corrected chi connectivity index (χ4v) is 2.62. The van der Waals surface area contributed by atoms with Gasteiger partial charge in [0, 0.05) is 18.3 Å². The van der Waals surface area contributed by atoms with Crippen molar-refractivity contribution >= 4 is 11.8 Å². The van der Waals surface area contributed by atoms with Crippen LogP contribution in [0.2, 0.25) is 0 Å². The molecule has 1 aromatic rings. The van der Waals surface area contributed by atoms with Gasteiger partial charge in [-0.25, -0.2) is 9.89 Å². The third-order valence-electron chi connectivity index (χ3n) is 2.51. The molecule has 6 heteroatoms. The van der Waals surface area contributed by atoms with Crippen molar-refractivity contribution in [1.82, 2.24) is 20.1 Å². The molecule has 2 atom stereocenters. The van der Waals surface area contributed by atoms with Crippen molar-refractivity contribution in [3.8, 4) is 0 Å². The van der Waals surface area contributed by atoms with Gasteiger partial charge in [-0.2, -0.15) is 0 Å². The summed E-state index contributed by atoms with van der Waals surface area (Å²) in [6.07, 6.45) is 1.06. The van der Waals surface area contributed by atoms with E-state index in [1.165, 1.54) is 4.57 Å². The monoisotopic (exact) mass is 230 g/mol. The Labute approximate surface area is 93.6 Å². The van der Waals surface area contributed by atoms with Crippen LogP contribution >= 0.6 is 11.8 Å². The van der Waals surface area contributed by atoms with Crippen LogP contribution in [0.3, 0.4) is 0 Å². The maximum atomic E-state index is 11.1. The van der Waals surface area contributed by atoms with E-state index >= 15 is 0 Å². The second-order valence-electron chi connectivity index (χ2n) is 3.50. The van der Waals surface area contributed by atoms with Crippen molar-refractivity contribution in [3.05, 3.63) is 10.5 Å². The molecule has 0 saturated heterocycles. The largest absolute Gasteiger partial charge is 0.343 e. The van der Waals surface area contributed by atoms with Gasteiger partial charge in [0.2, 0.25) is 0 Å². The Morgan fingerprint density at radius 1 is 1.67 bits per heavy atom. The Bertz CT molecular complexity index is 355. The van der Waals surface area contributed by atoms with Crippen molar-refractivity contribution < 1.29 is 0 Å². The van der Waals surface area contributed by atoms with E-state index in [1.807, 2.05) is 7.05 Å². The molecular weight excluding hydrogens is 212 g/mol. The van der Waals surface area contributed by atoms with E-state index in [-0.39, 0.29) is 5.69 Å². The molecule has 1 rings (SSSR count). The number of hydrogen-bond donors (Lipinski definition) is 2. The van der Waals surface area contributed by atoms with Gasteiger partial charge in [-0.3, -0.25) is 4.57 Å². The smallest absolute Gasteiger partial charge is 0.316 e. The SMILES string of the molecule is CCC(NC)C(C)Sc1n[nH]c(=O)n1C. The van der Waals surface area contributed by atoms with E-state index < -0.39 is 0 Å². The summed E-state index contributed by atoms with van der Waals surface area (Å²) < 4.78 is 1.53. The molecule has 1 heterocycles. The molecule has 0 aliphatic carbocycles. The highest BCUT2D eigenvalue weighted by atomic mass is 32.2. The summed E-state index contributed by atoms with van der Waals surface area (Å²) in [4.78, 5) is 11.1. The highest BCUT2D eigenvalue weighted by molar-refractivity contribution is 7.99. The third-order valence-corrected chi connectivity index (χ3v) is 3.78. The molecule has 2 unspecified atom stereocenters. The minimum Gasteiger partial charge on any atom is -0.316 e. The predicted molar refractivity (Wildman–Crippen MR) is 62.3 cm³/mol. The summed E-state index contributed by atoms with van der Waals surface area (Å²) in [6.45, 7) is 4.27. The lowest BCUT2D eigenvalue weighted by molar-refractivity contribution is 0.540. The maximum Gasteiger partial charge on any atom is 0.343 e. The topological polar surface area (TPSA) is 62.7 Å². The number of H-pyrrole nitrogens is 1. The summed E-state index contributed by atoms with van der Waals surface area (Å²) in [5, 5.41) is 10.8. The Morgan fingerprint density at radius 3 is 2.73 bits per heavy atom. The van der Waals surface area contributed by atoms with Crippen LogP contribution in [-0.2, 0) is 7.05 Å². The van der Waals surface area contributed by atoms with Crippen LogP contribution in [0.15, 0.2) is 9.95 Å². The summed E-state index contributed by atoms with van der Waals surface area (Å²) in [5.74, 6) is 0. The van der Waals surface area contributed by atoms with Crippen LogP contribution in [0.4, 0.5) is 0 Å². The van der Waals surface area contributed by atoms with Crippen molar-refractivity contribution in [2.45, 2.75) is 36.7 Å². The fourth-order valence-electron chi connectivity index (χ4n) is 1.46. The zero-order chi connectivity index (χ0) is 11.4. The second-order valence-corrected chi connectivity index (χ2v) is 4.84. The molecule has 0 aliphatic rings. The standard InChI is InChI=1S/C9H18N4OS/c1-5-7(10-3)6(2)15-9-12-11-8(14)13(9)4/h6-7,10H,5H2,1-4H3,(H,11,14). The lowest BCUT2D eigenvalue weighted by atomic mass is 10.2. The lowest BCUT2D eigenvalue weighted by Gasteiger charge is -2.20. The Balaban J connectivity index is 2.69. The molecule has 86 valence electrons. The molecule has 0 fully saturated rings. The first-order valence-electron chi connectivity index (χ1n) is 5.05. The molecule has 15 heavy (non-hydrogen) atoms. The zero-order valence-corrected chi connectivity index (χ0v) is 10.4. The Hall–Kier alpha value is -0.750. The molecule has 0 aliphatic heterocycles. The zero-order valence-electron chi connectivity index (χ0n) is 9.57. The molecule has 0 radical (unpaired) electrons. The molecule has 0 amide bonds. The third kappa shape index (κ3) is 2.85. The minimum absolute atomic E-state index is 0.165. The maximum absolute atomic E-state index is 11.1. The lowest BCUT2D eigenvalue weighted by Crippen LogP contribution is -2.33. The van der Waals surface area contributed by atoms with E-state index in [0.717, 1.165) is 11.6 Å². The minimum atomic E-state index is -0.165. The molecule has 0 bridgehead atoms. The van der Waals surface area contributed by atoms with Crippen LogP contribution in [0.1, 0.15) is 20.3 Å². The van der Waals surface area contributed by atoms with Gasteiger partial charge in [0.1, 0.15) is 0 Å². The molecule has 0 saturated carbocycles.